The number of nitrogens with one attached hydrogen (secondary N) is 3. The Balaban J connectivity index is 1.84. The Morgan fingerprint density at radius 2 is 1.43 bits per heavy atom. The van der Waals surface area contributed by atoms with E-state index in [1.807, 2.05) is 19.1 Å². The van der Waals surface area contributed by atoms with Crippen molar-refractivity contribution in [2.24, 2.45) is 4.99 Å². The van der Waals surface area contributed by atoms with Crippen molar-refractivity contribution < 1.29 is 4.79 Å². The van der Waals surface area contributed by atoms with E-state index in [1.54, 1.807) is 7.05 Å². The lowest BCUT2D eigenvalue weighted by molar-refractivity contribution is -0.120. The third-order valence-electron chi connectivity index (χ3n) is 4.57. The second-order valence-corrected chi connectivity index (χ2v) is 6.69. The van der Waals surface area contributed by atoms with Crippen LogP contribution in [0.3, 0.4) is 0 Å². The minimum atomic E-state index is 0.0676. The number of carbonyl (C=O) groups excluding carboxylic acids is 1. The molecule has 5 heteroatoms. The fourth-order valence-corrected chi connectivity index (χ4v) is 3.10. The summed E-state index contributed by atoms with van der Waals surface area (Å²) < 4.78 is 0. The van der Waals surface area contributed by atoms with E-state index >= 15 is 0 Å². The van der Waals surface area contributed by atoms with Gasteiger partial charge in [0, 0.05) is 39.0 Å². The molecule has 0 atom stereocenters. The lowest BCUT2D eigenvalue weighted by Gasteiger charge is -2.19. The molecule has 0 saturated heterocycles. The van der Waals surface area contributed by atoms with E-state index in [2.05, 4.69) is 69.5 Å². The fourth-order valence-electron chi connectivity index (χ4n) is 3.10. The molecule has 0 unspecified atom stereocenters. The second kappa shape index (κ2) is 12.5. The van der Waals surface area contributed by atoms with Gasteiger partial charge in [0.2, 0.25) is 5.91 Å². The van der Waals surface area contributed by atoms with E-state index < -0.39 is 0 Å². The molecule has 2 aromatic carbocycles. The summed E-state index contributed by atoms with van der Waals surface area (Å²) in [4.78, 5) is 15.9. The predicted octanol–water partition coefficient (Wildman–Crippen LogP) is 3.29. The summed E-state index contributed by atoms with van der Waals surface area (Å²) >= 11 is 0. The Hall–Kier alpha value is -2.82. The van der Waals surface area contributed by atoms with Crippen molar-refractivity contribution in [1.82, 2.24) is 16.0 Å². The predicted molar refractivity (Wildman–Crippen MR) is 117 cm³/mol. The van der Waals surface area contributed by atoms with Crippen LogP contribution in [0.4, 0.5) is 0 Å². The summed E-state index contributed by atoms with van der Waals surface area (Å²) in [6.07, 6.45) is 2.34. The number of hydrogen-bond acceptors (Lipinski definition) is 2. The van der Waals surface area contributed by atoms with E-state index in [-0.39, 0.29) is 5.91 Å². The molecule has 0 aliphatic rings. The average Bonchev–Trinajstić information content (AvgIpc) is 2.75. The molecule has 1 amide bonds. The van der Waals surface area contributed by atoms with Gasteiger partial charge in [-0.2, -0.15) is 0 Å². The first-order valence-electron chi connectivity index (χ1n) is 10.1. The van der Waals surface area contributed by atoms with E-state index in [1.165, 1.54) is 11.1 Å². The van der Waals surface area contributed by atoms with Crippen molar-refractivity contribution in [2.75, 3.05) is 26.7 Å². The van der Waals surface area contributed by atoms with Crippen LogP contribution in [0.5, 0.6) is 0 Å². The first kappa shape index (κ1) is 21.5. The molecule has 5 nitrogen and oxygen atoms in total. The van der Waals surface area contributed by atoms with Crippen molar-refractivity contribution in [2.45, 2.75) is 32.1 Å². The smallest absolute Gasteiger partial charge is 0.221 e. The highest BCUT2D eigenvalue weighted by Crippen LogP contribution is 2.27. The SMILES string of the molecule is CCCNC(=O)CCNC(=NC)NCCC(c1ccccc1)c1ccccc1. The van der Waals surface area contributed by atoms with Gasteiger partial charge in [0.1, 0.15) is 0 Å². The normalized spacial score (nSPS) is 11.3. The van der Waals surface area contributed by atoms with Crippen molar-refractivity contribution in [3.05, 3.63) is 71.8 Å². The van der Waals surface area contributed by atoms with Crippen molar-refractivity contribution >= 4 is 11.9 Å². The Morgan fingerprint density at radius 1 is 0.857 bits per heavy atom. The molecule has 150 valence electrons. The molecule has 2 aromatic rings. The number of carbonyl (C=O) groups is 1. The first-order valence-corrected chi connectivity index (χ1v) is 10.1. The van der Waals surface area contributed by atoms with Crippen LogP contribution in [0.15, 0.2) is 65.7 Å². The Labute approximate surface area is 168 Å². The zero-order valence-electron chi connectivity index (χ0n) is 16.9. The third kappa shape index (κ3) is 7.43. The van der Waals surface area contributed by atoms with Gasteiger partial charge in [-0.05, 0) is 24.0 Å². The summed E-state index contributed by atoms with van der Waals surface area (Å²) in [6.45, 7) is 4.13. The maximum absolute atomic E-state index is 11.7. The van der Waals surface area contributed by atoms with Gasteiger partial charge in [0.05, 0.1) is 0 Å². The molecule has 0 heterocycles. The first-order chi connectivity index (χ1) is 13.7. The van der Waals surface area contributed by atoms with Gasteiger partial charge in [-0.15, -0.1) is 0 Å². The maximum Gasteiger partial charge on any atom is 0.221 e. The Bertz CT molecular complexity index is 676. The van der Waals surface area contributed by atoms with Crippen molar-refractivity contribution in [3.8, 4) is 0 Å². The Kier molecular flexibility index (Phi) is 9.62. The van der Waals surface area contributed by atoms with Crippen LogP contribution < -0.4 is 16.0 Å². The Morgan fingerprint density at radius 3 is 1.96 bits per heavy atom. The number of amides is 1. The van der Waals surface area contributed by atoms with E-state index in [0.29, 0.717) is 18.9 Å². The molecule has 0 bridgehead atoms. The molecule has 0 saturated carbocycles. The summed E-state index contributed by atoms with van der Waals surface area (Å²) in [7, 11) is 1.75. The lowest BCUT2D eigenvalue weighted by Crippen LogP contribution is -2.40. The van der Waals surface area contributed by atoms with Gasteiger partial charge in [0.15, 0.2) is 5.96 Å². The van der Waals surface area contributed by atoms with Crippen LogP contribution in [0, 0.1) is 0 Å². The topological polar surface area (TPSA) is 65.5 Å². The van der Waals surface area contributed by atoms with E-state index in [4.69, 9.17) is 0 Å². The van der Waals surface area contributed by atoms with Gasteiger partial charge in [-0.3, -0.25) is 9.79 Å². The molecule has 0 fully saturated rings. The average molecular weight is 381 g/mol. The zero-order valence-corrected chi connectivity index (χ0v) is 16.9. The molecule has 0 spiro atoms. The standard InChI is InChI=1S/C23H32N4O/c1-3-16-25-22(28)15-18-27-23(24-2)26-17-14-21(19-10-6-4-7-11-19)20-12-8-5-9-13-20/h4-13,21H,3,14-18H2,1-2H3,(H,25,28)(H2,24,26,27). The largest absolute Gasteiger partial charge is 0.356 e. The highest BCUT2D eigenvalue weighted by Gasteiger charge is 2.13. The highest BCUT2D eigenvalue weighted by atomic mass is 16.1. The molecule has 0 aliphatic heterocycles. The van der Waals surface area contributed by atoms with Gasteiger partial charge in [-0.25, -0.2) is 0 Å². The monoisotopic (exact) mass is 380 g/mol. The van der Waals surface area contributed by atoms with Crippen molar-refractivity contribution in [3.63, 3.8) is 0 Å². The highest BCUT2D eigenvalue weighted by molar-refractivity contribution is 5.81. The number of guanidine groups is 1. The third-order valence-corrected chi connectivity index (χ3v) is 4.57. The van der Waals surface area contributed by atoms with E-state index in [9.17, 15) is 4.79 Å². The molecule has 0 radical (unpaired) electrons. The molecule has 0 aliphatic carbocycles. The van der Waals surface area contributed by atoms with Gasteiger partial charge in [0.25, 0.3) is 0 Å². The molecule has 28 heavy (non-hydrogen) atoms. The fraction of sp³-hybridized carbons (Fsp3) is 0.391. The summed E-state index contributed by atoms with van der Waals surface area (Å²) in [6, 6.07) is 21.2. The second-order valence-electron chi connectivity index (χ2n) is 6.69. The molecular formula is C23H32N4O. The quantitative estimate of drug-likeness (QED) is 0.438. The van der Waals surface area contributed by atoms with Crippen LogP contribution in [-0.2, 0) is 4.79 Å². The van der Waals surface area contributed by atoms with Crippen molar-refractivity contribution in [1.29, 1.82) is 0 Å². The maximum atomic E-state index is 11.7. The number of aliphatic imine (C=N–C) groups is 1. The summed E-state index contributed by atoms with van der Waals surface area (Å²) in [5.41, 5.74) is 2.62. The molecule has 0 aromatic heterocycles. The van der Waals surface area contributed by atoms with Crippen LogP contribution in [0.1, 0.15) is 43.2 Å². The number of benzene rings is 2. The summed E-state index contributed by atoms with van der Waals surface area (Å²) in [5.74, 6) is 1.12. The van der Waals surface area contributed by atoms with Crippen LogP contribution in [0.2, 0.25) is 0 Å². The van der Waals surface area contributed by atoms with Crippen LogP contribution in [0.25, 0.3) is 0 Å². The number of nitrogens with zero attached hydrogens (tertiary/aromatic N) is 1. The minimum Gasteiger partial charge on any atom is -0.356 e. The van der Waals surface area contributed by atoms with Gasteiger partial charge in [-0.1, -0.05) is 67.6 Å². The van der Waals surface area contributed by atoms with E-state index in [0.717, 1.165) is 31.9 Å². The molecule has 3 N–H and O–H groups in total. The minimum absolute atomic E-state index is 0.0676. The van der Waals surface area contributed by atoms with Crippen LogP contribution >= 0.6 is 0 Å². The molecule has 2 rings (SSSR count). The van der Waals surface area contributed by atoms with Gasteiger partial charge >= 0.3 is 0 Å². The molecular weight excluding hydrogens is 348 g/mol. The zero-order chi connectivity index (χ0) is 20.0. The van der Waals surface area contributed by atoms with Gasteiger partial charge < -0.3 is 16.0 Å². The summed E-state index contributed by atoms with van der Waals surface area (Å²) in [5, 5.41) is 9.45. The number of rotatable bonds is 10. The number of hydrogen-bond donors (Lipinski definition) is 3. The van der Waals surface area contributed by atoms with Crippen LogP contribution in [-0.4, -0.2) is 38.5 Å². The lowest BCUT2D eigenvalue weighted by atomic mass is 9.88.